The fourth-order valence-corrected chi connectivity index (χ4v) is 1.78. The summed E-state index contributed by atoms with van der Waals surface area (Å²) in [6, 6.07) is 7.85. The van der Waals surface area contributed by atoms with Crippen LogP contribution in [0.2, 0.25) is 0 Å². The van der Waals surface area contributed by atoms with E-state index in [1.54, 1.807) is 13.0 Å². The van der Waals surface area contributed by atoms with Crippen molar-refractivity contribution in [2.24, 2.45) is 5.16 Å². The quantitative estimate of drug-likeness (QED) is 0.616. The molecule has 3 nitrogen and oxygen atoms in total. The van der Waals surface area contributed by atoms with Gasteiger partial charge >= 0.3 is 0 Å². The second-order valence-electron chi connectivity index (χ2n) is 4.55. The topological polar surface area (TPSA) is 30.8 Å². The third-order valence-electron chi connectivity index (χ3n) is 2.99. The first-order chi connectivity index (χ1) is 10.5. The molecule has 0 amide bonds. The summed E-state index contributed by atoms with van der Waals surface area (Å²) in [5.74, 6) is -2.23. The molecule has 0 aliphatic heterocycles. The molecule has 0 saturated heterocycles. The first kappa shape index (κ1) is 15.9. The molecule has 0 fully saturated rings. The second-order valence-corrected chi connectivity index (χ2v) is 4.55. The van der Waals surface area contributed by atoms with Crippen LogP contribution in [0.4, 0.5) is 13.2 Å². The third-order valence-corrected chi connectivity index (χ3v) is 2.99. The van der Waals surface area contributed by atoms with Crippen molar-refractivity contribution in [3.8, 4) is 5.75 Å². The first-order valence-electron chi connectivity index (χ1n) is 6.45. The summed E-state index contributed by atoms with van der Waals surface area (Å²) < 4.78 is 44.2. The number of rotatable bonds is 5. The van der Waals surface area contributed by atoms with Crippen molar-refractivity contribution in [2.75, 3.05) is 7.11 Å². The Labute approximate surface area is 126 Å². The second kappa shape index (κ2) is 6.98. The monoisotopic (exact) mass is 309 g/mol. The Morgan fingerprint density at radius 1 is 1.00 bits per heavy atom. The van der Waals surface area contributed by atoms with Crippen LogP contribution in [0, 0.1) is 17.5 Å². The van der Waals surface area contributed by atoms with Gasteiger partial charge in [0.1, 0.15) is 6.61 Å². The number of ether oxygens (including phenoxy) is 1. The van der Waals surface area contributed by atoms with Crippen molar-refractivity contribution in [3.05, 3.63) is 65.0 Å². The predicted octanol–water partition coefficient (Wildman–Crippen LogP) is 4.05. The number of benzene rings is 2. The zero-order chi connectivity index (χ0) is 16.1. The molecule has 2 aromatic rings. The van der Waals surface area contributed by atoms with E-state index in [1.807, 2.05) is 0 Å². The van der Waals surface area contributed by atoms with E-state index in [4.69, 9.17) is 9.57 Å². The highest BCUT2D eigenvalue weighted by Crippen LogP contribution is 2.18. The molecular weight excluding hydrogens is 295 g/mol. The van der Waals surface area contributed by atoms with Gasteiger partial charge in [-0.2, -0.15) is 0 Å². The van der Waals surface area contributed by atoms with Crippen molar-refractivity contribution < 1.29 is 22.7 Å². The van der Waals surface area contributed by atoms with Crippen molar-refractivity contribution in [1.82, 2.24) is 0 Å². The van der Waals surface area contributed by atoms with Crippen LogP contribution in [0.3, 0.4) is 0 Å². The van der Waals surface area contributed by atoms with Gasteiger partial charge in [-0.15, -0.1) is 0 Å². The lowest BCUT2D eigenvalue weighted by atomic mass is 10.1. The molecule has 0 saturated carbocycles. The molecule has 0 atom stereocenters. The molecule has 0 heterocycles. The number of hydrogen-bond donors (Lipinski definition) is 0. The van der Waals surface area contributed by atoms with Crippen LogP contribution in [0.5, 0.6) is 5.75 Å². The zero-order valence-corrected chi connectivity index (χ0v) is 12.1. The van der Waals surface area contributed by atoms with E-state index in [1.165, 1.54) is 25.3 Å². The molecule has 0 aromatic heterocycles. The lowest BCUT2D eigenvalue weighted by Crippen LogP contribution is -1.99. The molecule has 0 spiro atoms. The summed E-state index contributed by atoms with van der Waals surface area (Å²) in [6.07, 6.45) is 0. The molecular formula is C16H14F3NO2. The molecule has 2 rings (SSSR count). The van der Waals surface area contributed by atoms with Crippen molar-refractivity contribution in [1.29, 1.82) is 0 Å². The summed E-state index contributed by atoms with van der Waals surface area (Å²) >= 11 is 0. The average Bonchev–Trinajstić information content (AvgIpc) is 2.50. The average molecular weight is 309 g/mol. The Hall–Kier alpha value is -2.50. The fraction of sp³-hybridized carbons (Fsp3) is 0.188. The highest BCUT2D eigenvalue weighted by molar-refractivity contribution is 5.98. The first-order valence-corrected chi connectivity index (χ1v) is 6.45. The molecule has 6 heteroatoms. The molecule has 2 aromatic carbocycles. The molecule has 116 valence electrons. The van der Waals surface area contributed by atoms with Gasteiger partial charge in [0.05, 0.1) is 12.8 Å². The Morgan fingerprint density at radius 3 is 2.41 bits per heavy atom. The Morgan fingerprint density at radius 2 is 1.77 bits per heavy atom. The SMILES string of the molecule is COc1ccc(/C(C)=N/OCc2ccc(F)c(F)c2)cc1F. The number of hydrogen-bond acceptors (Lipinski definition) is 3. The van der Waals surface area contributed by atoms with Crippen molar-refractivity contribution in [3.63, 3.8) is 0 Å². The summed E-state index contributed by atoms with van der Waals surface area (Å²) in [5, 5.41) is 3.83. The number of oxime groups is 1. The van der Waals surface area contributed by atoms with Gasteiger partial charge in [0.2, 0.25) is 0 Å². The maximum atomic E-state index is 13.6. The maximum absolute atomic E-state index is 13.6. The van der Waals surface area contributed by atoms with Crippen LogP contribution in [0.15, 0.2) is 41.6 Å². The largest absolute Gasteiger partial charge is 0.494 e. The smallest absolute Gasteiger partial charge is 0.165 e. The van der Waals surface area contributed by atoms with Crippen LogP contribution in [0.25, 0.3) is 0 Å². The molecule has 0 bridgehead atoms. The van der Waals surface area contributed by atoms with Gasteiger partial charge in [0, 0.05) is 5.56 Å². The van der Waals surface area contributed by atoms with Crippen molar-refractivity contribution in [2.45, 2.75) is 13.5 Å². The molecule has 0 aliphatic rings. The van der Waals surface area contributed by atoms with E-state index in [0.29, 0.717) is 16.8 Å². The summed E-state index contributed by atoms with van der Waals surface area (Å²) in [5.41, 5.74) is 1.42. The van der Waals surface area contributed by atoms with E-state index in [0.717, 1.165) is 12.1 Å². The van der Waals surface area contributed by atoms with Gasteiger partial charge in [-0.05, 0) is 42.8 Å². The lowest BCUT2D eigenvalue weighted by molar-refractivity contribution is 0.130. The van der Waals surface area contributed by atoms with Gasteiger partial charge in [-0.1, -0.05) is 11.2 Å². The van der Waals surface area contributed by atoms with Crippen LogP contribution in [0.1, 0.15) is 18.1 Å². The minimum Gasteiger partial charge on any atom is -0.494 e. The number of nitrogens with zero attached hydrogens (tertiary/aromatic N) is 1. The van der Waals surface area contributed by atoms with Gasteiger partial charge in [0.15, 0.2) is 23.2 Å². The Balaban J connectivity index is 2.03. The Bertz CT molecular complexity index is 702. The van der Waals surface area contributed by atoms with Crippen LogP contribution in [-0.4, -0.2) is 12.8 Å². The van der Waals surface area contributed by atoms with E-state index in [2.05, 4.69) is 5.16 Å². The van der Waals surface area contributed by atoms with Crippen LogP contribution in [-0.2, 0) is 11.4 Å². The zero-order valence-electron chi connectivity index (χ0n) is 12.1. The van der Waals surface area contributed by atoms with Crippen LogP contribution >= 0.6 is 0 Å². The highest BCUT2D eigenvalue weighted by Gasteiger charge is 2.06. The number of halogens is 3. The molecule has 22 heavy (non-hydrogen) atoms. The molecule has 0 aliphatic carbocycles. The molecule has 0 radical (unpaired) electrons. The van der Waals surface area contributed by atoms with E-state index < -0.39 is 17.5 Å². The summed E-state index contributed by atoms with van der Waals surface area (Å²) in [6.45, 7) is 1.62. The minimum absolute atomic E-state index is 0.0207. The lowest BCUT2D eigenvalue weighted by Gasteiger charge is -2.06. The molecule has 0 N–H and O–H groups in total. The van der Waals surface area contributed by atoms with Crippen molar-refractivity contribution >= 4 is 5.71 Å². The maximum Gasteiger partial charge on any atom is 0.165 e. The standard InChI is InChI=1S/C16H14F3NO2/c1-10(12-4-6-16(21-2)15(19)8-12)20-22-9-11-3-5-13(17)14(18)7-11/h3-8H,9H2,1-2H3/b20-10+. The highest BCUT2D eigenvalue weighted by atomic mass is 19.2. The summed E-state index contributed by atoms with van der Waals surface area (Å²) in [4.78, 5) is 5.07. The Kier molecular flexibility index (Phi) is 5.04. The van der Waals surface area contributed by atoms with E-state index >= 15 is 0 Å². The molecule has 0 unspecified atom stereocenters. The van der Waals surface area contributed by atoms with E-state index in [9.17, 15) is 13.2 Å². The van der Waals surface area contributed by atoms with Crippen LogP contribution < -0.4 is 4.74 Å². The minimum atomic E-state index is -0.945. The fourth-order valence-electron chi connectivity index (χ4n) is 1.78. The number of methoxy groups -OCH3 is 1. The normalized spacial score (nSPS) is 11.4. The summed E-state index contributed by atoms with van der Waals surface area (Å²) in [7, 11) is 1.38. The van der Waals surface area contributed by atoms with Gasteiger partial charge in [0.25, 0.3) is 0 Å². The third kappa shape index (κ3) is 3.78. The van der Waals surface area contributed by atoms with Gasteiger partial charge in [-0.25, -0.2) is 13.2 Å². The predicted molar refractivity (Wildman–Crippen MR) is 76.3 cm³/mol. The van der Waals surface area contributed by atoms with E-state index in [-0.39, 0.29) is 12.4 Å². The van der Waals surface area contributed by atoms with Gasteiger partial charge in [-0.3, -0.25) is 0 Å². The van der Waals surface area contributed by atoms with Gasteiger partial charge < -0.3 is 9.57 Å².